The maximum atomic E-state index is 11.4. The minimum absolute atomic E-state index is 0.131. The number of hydrogen-bond donors (Lipinski definition) is 1. The maximum Gasteiger partial charge on any atom is 0.323 e. The highest BCUT2D eigenvalue weighted by Gasteiger charge is 2.35. The number of esters is 2. The van der Waals surface area contributed by atoms with Gasteiger partial charge in [0.2, 0.25) is 0 Å². The molecule has 0 amide bonds. The Kier molecular flexibility index (Phi) is 1.83. The van der Waals surface area contributed by atoms with Crippen LogP contribution in [0.1, 0.15) is 18.0 Å². The van der Waals surface area contributed by atoms with Gasteiger partial charge >= 0.3 is 11.9 Å². The van der Waals surface area contributed by atoms with E-state index in [1.807, 2.05) is 30.3 Å². The van der Waals surface area contributed by atoms with Crippen LogP contribution in [0.4, 0.5) is 0 Å². The molecule has 2 heterocycles. The van der Waals surface area contributed by atoms with Crippen molar-refractivity contribution in [1.29, 1.82) is 0 Å². The van der Waals surface area contributed by atoms with Crippen molar-refractivity contribution < 1.29 is 14.3 Å². The summed E-state index contributed by atoms with van der Waals surface area (Å²) in [6.07, 6.45) is 0.131. The van der Waals surface area contributed by atoms with E-state index >= 15 is 0 Å². The van der Waals surface area contributed by atoms with Gasteiger partial charge in [-0.05, 0) is 17.5 Å². The average molecular weight is 215 g/mol. The molecule has 1 aliphatic rings. The minimum atomic E-state index is -0.472. The molecule has 1 N–H and O–H groups in total. The van der Waals surface area contributed by atoms with E-state index in [0.717, 1.165) is 16.6 Å². The molecule has 16 heavy (non-hydrogen) atoms. The number of fused-ring (bicyclic) bond motifs is 1. The second-order valence-electron chi connectivity index (χ2n) is 3.86. The molecule has 1 aromatic carbocycles. The monoisotopic (exact) mass is 215 g/mol. The van der Waals surface area contributed by atoms with E-state index in [9.17, 15) is 9.59 Å². The first-order chi connectivity index (χ1) is 7.74. The number of para-hydroxylation sites is 1. The number of carbonyl (C=O) groups excluding carboxylic acids is 2. The zero-order valence-corrected chi connectivity index (χ0v) is 8.40. The Hall–Kier alpha value is -2.10. The van der Waals surface area contributed by atoms with Gasteiger partial charge in [0, 0.05) is 11.2 Å². The third-order valence-corrected chi connectivity index (χ3v) is 2.80. The lowest BCUT2D eigenvalue weighted by atomic mass is 10.0. The molecule has 0 radical (unpaired) electrons. The normalized spacial score (nSPS) is 20.4. The molecule has 0 aliphatic carbocycles. The number of aromatic amines is 1. The summed E-state index contributed by atoms with van der Waals surface area (Å²) in [5.74, 6) is -1.38. The molecule has 1 saturated heterocycles. The molecule has 1 atom stereocenters. The molecule has 1 unspecified atom stereocenters. The number of rotatable bonds is 1. The van der Waals surface area contributed by atoms with Gasteiger partial charge in [0.15, 0.2) is 0 Å². The molecule has 3 rings (SSSR count). The predicted molar refractivity (Wildman–Crippen MR) is 56.8 cm³/mol. The molecule has 80 valence electrons. The van der Waals surface area contributed by atoms with Crippen LogP contribution in [-0.2, 0) is 14.3 Å². The van der Waals surface area contributed by atoms with Crippen LogP contribution >= 0.6 is 0 Å². The highest BCUT2D eigenvalue weighted by Crippen LogP contribution is 2.29. The summed E-state index contributed by atoms with van der Waals surface area (Å²) < 4.78 is 4.53. The molecular formula is C12H9NO3. The first-order valence-corrected chi connectivity index (χ1v) is 5.06. The molecule has 0 spiro atoms. The van der Waals surface area contributed by atoms with Crippen molar-refractivity contribution in [2.24, 2.45) is 0 Å². The first-order valence-electron chi connectivity index (χ1n) is 5.06. The number of benzene rings is 1. The largest absolute Gasteiger partial charge is 0.393 e. The highest BCUT2D eigenvalue weighted by atomic mass is 16.6. The van der Waals surface area contributed by atoms with E-state index < -0.39 is 17.9 Å². The molecule has 1 fully saturated rings. The Morgan fingerprint density at radius 1 is 1.25 bits per heavy atom. The van der Waals surface area contributed by atoms with Crippen molar-refractivity contribution in [3.05, 3.63) is 36.0 Å². The predicted octanol–water partition coefficient (Wildman–Crippen LogP) is 1.72. The van der Waals surface area contributed by atoms with Gasteiger partial charge in [-0.25, -0.2) is 0 Å². The highest BCUT2D eigenvalue weighted by molar-refractivity contribution is 5.98. The fraction of sp³-hybridized carbons (Fsp3) is 0.167. The quantitative estimate of drug-likeness (QED) is 0.582. The van der Waals surface area contributed by atoms with E-state index in [1.54, 1.807) is 0 Å². The zero-order valence-electron chi connectivity index (χ0n) is 8.40. The summed E-state index contributed by atoms with van der Waals surface area (Å²) in [6, 6.07) is 9.62. The summed E-state index contributed by atoms with van der Waals surface area (Å²) in [5.41, 5.74) is 1.71. The van der Waals surface area contributed by atoms with Gasteiger partial charge in [-0.2, -0.15) is 0 Å². The van der Waals surface area contributed by atoms with Crippen molar-refractivity contribution in [3.8, 4) is 0 Å². The first kappa shape index (κ1) is 9.15. The fourth-order valence-electron chi connectivity index (χ4n) is 2.00. The van der Waals surface area contributed by atoms with E-state index in [1.165, 1.54) is 0 Å². The van der Waals surface area contributed by atoms with Gasteiger partial charge in [-0.3, -0.25) is 9.59 Å². The lowest BCUT2D eigenvalue weighted by molar-refractivity contribution is -0.152. The van der Waals surface area contributed by atoms with E-state index in [4.69, 9.17) is 0 Å². The van der Waals surface area contributed by atoms with Gasteiger partial charge in [0.05, 0.1) is 6.42 Å². The van der Waals surface area contributed by atoms with Crippen molar-refractivity contribution in [2.75, 3.05) is 0 Å². The molecule has 2 aromatic rings. The van der Waals surface area contributed by atoms with Gasteiger partial charge in [0.1, 0.15) is 5.92 Å². The summed E-state index contributed by atoms with van der Waals surface area (Å²) >= 11 is 0. The summed E-state index contributed by atoms with van der Waals surface area (Å²) in [5, 5.41) is 1.03. The Morgan fingerprint density at radius 3 is 2.75 bits per heavy atom. The third-order valence-electron chi connectivity index (χ3n) is 2.80. The number of aromatic nitrogens is 1. The van der Waals surface area contributed by atoms with Crippen LogP contribution < -0.4 is 0 Å². The van der Waals surface area contributed by atoms with E-state index in [0.29, 0.717) is 0 Å². The number of H-pyrrole nitrogens is 1. The van der Waals surface area contributed by atoms with Gasteiger partial charge in [-0.1, -0.05) is 18.2 Å². The molecular weight excluding hydrogens is 206 g/mol. The number of carbonyl (C=O) groups is 2. The van der Waals surface area contributed by atoms with Crippen LogP contribution in [-0.4, -0.2) is 16.9 Å². The molecule has 4 nitrogen and oxygen atoms in total. The number of nitrogens with one attached hydrogen (secondary N) is 1. The van der Waals surface area contributed by atoms with Gasteiger partial charge < -0.3 is 9.72 Å². The van der Waals surface area contributed by atoms with Crippen LogP contribution in [0.25, 0.3) is 10.9 Å². The Morgan fingerprint density at radius 2 is 2.06 bits per heavy atom. The van der Waals surface area contributed by atoms with E-state index in [-0.39, 0.29) is 6.42 Å². The number of hydrogen-bond acceptors (Lipinski definition) is 3. The lowest BCUT2D eigenvalue weighted by Gasteiger charge is -1.99. The maximum absolute atomic E-state index is 11.4. The van der Waals surface area contributed by atoms with Gasteiger partial charge in [0.25, 0.3) is 0 Å². The SMILES string of the molecule is O=C1CC(c2cc3ccccc3[nH]2)C(=O)O1. The fourth-order valence-corrected chi connectivity index (χ4v) is 2.00. The van der Waals surface area contributed by atoms with Crippen LogP contribution in [0, 0.1) is 0 Å². The van der Waals surface area contributed by atoms with Crippen molar-refractivity contribution in [1.82, 2.24) is 4.98 Å². The van der Waals surface area contributed by atoms with Crippen LogP contribution in [0.15, 0.2) is 30.3 Å². The number of ether oxygens (including phenoxy) is 1. The Balaban J connectivity index is 2.06. The second-order valence-corrected chi connectivity index (χ2v) is 3.86. The standard InChI is InChI=1S/C12H9NO3/c14-11-6-8(12(15)16-11)10-5-7-3-1-2-4-9(7)13-10/h1-5,8,13H,6H2. The Bertz CT molecular complexity index is 552. The van der Waals surface area contributed by atoms with Gasteiger partial charge in [-0.15, -0.1) is 0 Å². The summed E-state index contributed by atoms with van der Waals surface area (Å²) in [7, 11) is 0. The summed E-state index contributed by atoms with van der Waals surface area (Å²) in [6.45, 7) is 0. The summed E-state index contributed by atoms with van der Waals surface area (Å²) in [4.78, 5) is 25.5. The van der Waals surface area contributed by atoms with Crippen molar-refractivity contribution in [2.45, 2.75) is 12.3 Å². The molecule has 1 aromatic heterocycles. The van der Waals surface area contributed by atoms with Crippen molar-refractivity contribution in [3.63, 3.8) is 0 Å². The van der Waals surface area contributed by atoms with Crippen LogP contribution in [0.3, 0.4) is 0 Å². The molecule has 0 saturated carbocycles. The number of cyclic esters (lactones) is 2. The van der Waals surface area contributed by atoms with E-state index in [2.05, 4.69) is 9.72 Å². The van der Waals surface area contributed by atoms with Crippen LogP contribution in [0.2, 0.25) is 0 Å². The van der Waals surface area contributed by atoms with Crippen molar-refractivity contribution >= 4 is 22.8 Å². The molecule has 1 aliphatic heterocycles. The smallest absolute Gasteiger partial charge is 0.323 e. The second kappa shape index (κ2) is 3.20. The lowest BCUT2D eigenvalue weighted by Crippen LogP contribution is -2.05. The zero-order chi connectivity index (χ0) is 11.1. The third kappa shape index (κ3) is 1.31. The average Bonchev–Trinajstić information content (AvgIpc) is 2.81. The topological polar surface area (TPSA) is 59.2 Å². The Labute approximate surface area is 91.2 Å². The van der Waals surface area contributed by atoms with Crippen LogP contribution in [0.5, 0.6) is 0 Å². The molecule has 0 bridgehead atoms. The molecule has 4 heteroatoms. The minimum Gasteiger partial charge on any atom is -0.393 e.